The maximum atomic E-state index is 12.8. The van der Waals surface area contributed by atoms with Crippen molar-refractivity contribution in [2.75, 3.05) is 25.8 Å². The Balaban J connectivity index is 1.75. The number of nitrogens with zero attached hydrogens (tertiary/aromatic N) is 1. The topological polar surface area (TPSA) is 77.1 Å². The van der Waals surface area contributed by atoms with Crippen molar-refractivity contribution in [1.29, 1.82) is 0 Å². The van der Waals surface area contributed by atoms with E-state index in [0.717, 1.165) is 0 Å². The van der Waals surface area contributed by atoms with E-state index >= 15 is 0 Å². The van der Waals surface area contributed by atoms with Gasteiger partial charge in [-0.15, -0.1) is 0 Å². The van der Waals surface area contributed by atoms with E-state index in [-0.39, 0.29) is 24.3 Å². The zero-order valence-electron chi connectivity index (χ0n) is 14.9. The normalized spacial score (nSPS) is 15.6. The van der Waals surface area contributed by atoms with E-state index in [1.54, 1.807) is 56.5 Å². The molecule has 0 spiro atoms. The van der Waals surface area contributed by atoms with Gasteiger partial charge in [0.05, 0.1) is 12.7 Å². The summed E-state index contributed by atoms with van der Waals surface area (Å²) < 4.78 is 15.8. The van der Waals surface area contributed by atoms with Gasteiger partial charge in [0, 0.05) is 18.3 Å². The number of likely N-dealkylation sites (N-methyl/N-ethyl adjacent to an activating group) is 1. The van der Waals surface area contributed by atoms with Crippen molar-refractivity contribution in [1.82, 2.24) is 4.90 Å². The molecule has 0 saturated heterocycles. The number of rotatable bonds is 5. The molecular weight excluding hydrogens is 348 g/mol. The lowest BCUT2D eigenvalue weighted by Gasteiger charge is -2.12. The van der Waals surface area contributed by atoms with Crippen molar-refractivity contribution < 1.29 is 23.8 Å². The highest BCUT2D eigenvalue weighted by atomic mass is 16.7. The maximum Gasteiger partial charge on any atom is 0.278 e. The Morgan fingerprint density at radius 1 is 1.04 bits per heavy atom. The summed E-state index contributed by atoms with van der Waals surface area (Å²) in [6.07, 6.45) is 0. The standard InChI is InChI=1S/C20H18N2O5/c1-3-22-19(23)17(12-4-7-14(25-2)8-5-12)18(20(22)24)21-13-6-9-15-16(10-13)27-11-26-15/h4-10,21H,3,11H2,1-2H3. The van der Waals surface area contributed by atoms with Crippen LogP contribution in [0.25, 0.3) is 5.57 Å². The average Bonchev–Trinajstić information content (AvgIpc) is 3.24. The van der Waals surface area contributed by atoms with Crippen molar-refractivity contribution in [2.45, 2.75) is 6.92 Å². The minimum Gasteiger partial charge on any atom is -0.497 e. The maximum absolute atomic E-state index is 12.8. The van der Waals surface area contributed by atoms with Gasteiger partial charge in [0.25, 0.3) is 11.8 Å². The molecule has 2 aromatic rings. The van der Waals surface area contributed by atoms with Crippen molar-refractivity contribution in [3.63, 3.8) is 0 Å². The Bertz CT molecular complexity index is 949. The largest absolute Gasteiger partial charge is 0.497 e. The number of hydrogen-bond donors (Lipinski definition) is 1. The highest BCUT2D eigenvalue weighted by Crippen LogP contribution is 2.36. The lowest BCUT2D eigenvalue weighted by molar-refractivity contribution is -0.136. The van der Waals surface area contributed by atoms with Crippen molar-refractivity contribution in [2.24, 2.45) is 0 Å². The van der Waals surface area contributed by atoms with Gasteiger partial charge in [-0.25, -0.2) is 0 Å². The quantitative estimate of drug-likeness (QED) is 0.820. The van der Waals surface area contributed by atoms with E-state index in [1.807, 2.05) is 0 Å². The summed E-state index contributed by atoms with van der Waals surface area (Å²) in [4.78, 5) is 26.8. The fourth-order valence-electron chi connectivity index (χ4n) is 3.12. The molecule has 27 heavy (non-hydrogen) atoms. The van der Waals surface area contributed by atoms with Gasteiger partial charge in [-0.3, -0.25) is 14.5 Å². The number of methoxy groups -OCH3 is 1. The summed E-state index contributed by atoms with van der Waals surface area (Å²) in [7, 11) is 1.57. The van der Waals surface area contributed by atoms with Crippen LogP contribution in [-0.2, 0) is 9.59 Å². The van der Waals surface area contributed by atoms with Gasteiger partial charge < -0.3 is 19.5 Å². The Morgan fingerprint density at radius 3 is 2.48 bits per heavy atom. The fourth-order valence-corrected chi connectivity index (χ4v) is 3.12. The molecule has 1 N–H and O–H groups in total. The molecule has 0 aromatic heterocycles. The van der Waals surface area contributed by atoms with Crippen LogP contribution in [0.2, 0.25) is 0 Å². The number of amides is 2. The number of benzene rings is 2. The highest BCUT2D eigenvalue weighted by Gasteiger charge is 2.38. The van der Waals surface area contributed by atoms with E-state index < -0.39 is 0 Å². The number of anilines is 1. The smallest absolute Gasteiger partial charge is 0.278 e. The van der Waals surface area contributed by atoms with Crippen LogP contribution in [0.3, 0.4) is 0 Å². The predicted molar refractivity (Wildman–Crippen MR) is 98.5 cm³/mol. The summed E-state index contributed by atoms with van der Waals surface area (Å²) >= 11 is 0. The first-order chi connectivity index (χ1) is 13.1. The SMILES string of the molecule is CCN1C(=O)C(Nc2ccc3c(c2)OCO3)=C(c2ccc(OC)cc2)C1=O. The highest BCUT2D eigenvalue weighted by molar-refractivity contribution is 6.36. The van der Waals surface area contributed by atoms with Crippen LogP contribution in [0.15, 0.2) is 48.2 Å². The van der Waals surface area contributed by atoms with Gasteiger partial charge >= 0.3 is 0 Å². The second-order valence-electron chi connectivity index (χ2n) is 6.03. The third-order valence-corrected chi connectivity index (χ3v) is 4.50. The minimum absolute atomic E-state index is 0.166. The molecule has 7 nitrogen and oxygen atoms in total. The minimum atomic E-state index is -0.356. The van der Waals surface area contributed by atoms with Crippen LogP contribution < -0.4 is 19.5 Å². The molecule has 138 valence electrons. The lowest BCUT2D eigenvalue weighted by Crippen LogP contribution is -2.32. The van der Waals surface area contributed by atoms with Crippen LogP contribution in [0.5, 0.6) is 17.2 Å². The zero-order valence-corrected chi connectivity index (χ0v) is 14.9. The third-order valence-electron chi connectivity index (χ3n) is 4.50. The summed E-state index contributed by atoms with van der Waals surface area (Å²) in [5.41, 5.74) is 1.86. The van der Waals surface area contributed by atoms with Crippen molar-refractivity contribution in [3.05, 3.63) is 53.7 Å². The molecule has 0 bridgehead atoms. The number of imide groups is 1. The molecule has 4 rings (SSSR count). The molecule has 2 amide bonds. The lowest BCUT2D eigenvalue weighted by atomic mass is 10.0. The third kappa shape index (κ3) is 2.87. The molecule has 2 heterocycles. The number of carbonyl (C=O) groups is 2. The molecule has 0 radical (unpaired) electrons. The Kier molecular flexibility index (Phi) is 4.19. The fraction of sp³-hybridized carbons (Fsp3) is 0.200. The van der Waals surface area contributed by atoms with E-state index in [1.165, 1.54) is 4.90 Å². The molecule has 2 aromatic carbocycles. The summed E-state index contributed by atoms with van der Waals surface area (Å²) in [6.45, 7) is 2.23. The molecule has 7 heteroatoms. The first-order valence-electron chi connectivity index (χ1n) is 8.54. The van der Waals surface area contributed by atoms with Gasteiger partial charge in [0.15, 0.2) is 11.5 Å². The second-order valence-corrected chi connectivity index (χ2v) is 6.03. The average molecular weight is 366 g/mol. The van der Waals surface area contributed by atoms with Gasteiger partial charge in [-0.1, -0.05) is 12.1 Å². The number of fused-ring (bicyclic) bond motifs is 1. The van der Waals surface area contributed by atoms with Crippen LogP contribution in [0.1, 0.15) is 12.5 Å². The molecule has 2 aliphatic rings. The first kappa shape index (κ1) is 17.0. The van der Waals surface area contributed by atoms with Crippen LogP contribution in [0, 0.1) is 0 Å². The van der Waals surface area contributed by atoms with E-state index in [2.05, 4.69) is 5.32 Å². The number of ether oxygens (including phenoxy) is 3. The van der Waals surface area contributed by atoms with E-state index in [9.17, 15) is 9.59 Å². The van der Waals surface area contributed by atoms with Gasteiger partial charge in [-0.2, -0.15) is 0 Å². The summed E-state index contributed by atoms with van der Waals surface area (Å²) in [6, 6.07) is 12.3. The van der Waals surface area contributed by atoms with Crippen LogP contribution in [0.4, 0.5) is 5.69 Å². The second kappa shape index (κ2) is 6.68. The summed E-state index contributed by atoms with van der Waals surface area (Å²) in [5, 5.41) is 3.09. The predicted octanol–water partition coefficient (Wildman–Crippen LogP) is 2.64. The van der Waals surface area contributed by atoms with Crippen molar-refractivity contribution >= 4 is 23.1 Å². The zero-order chi connectivity index (χ0) is 19.0. The van der Waals surface area contributed by atoms with Crippen LogP contribution >= 0.6 is 0 Å². The molecule has 0 atom stereocenters. The Hall–Kier alpha value is -3.48. The van der Waals surface area contributed by atoms with Gasteiger partial charge in [-0.05, 0) is 36.8 Å². The van der Waals surface area contributed by atoms with Gasteiger partial charge in [0.2, 0.25) is 6.79 Å². The number of nitrogens with one attached hydrogen (secondary N) is 1. The molecule has 0 aliphatic carbocycles. The molecule has 0 saturated carbocycles. The van der Waals surface area contributed by atoms with Crippen LogP contribution in [-0.4, -0.2) is 37.2 Å². The van der Waals surface area contributed by atoms with Gasteiger partial charge in [0.1, 0.15) is 11.4 Å². The monoisotopic (exact) mass is 366 g/mol. The molecule has 0 unspecified atom stereocenters. The molecule has 2 aliphatic heterocycles. The Morgan fingerprint density at radius 2 is 1.78 bits per heavy atom. The molecule has 0 fully saturated rings. The Labute approximate surface area is 156 Å². The molecular formula is C20H18N2O5. The van der Waals surface area contributed by atoms with E-state index in [0.29, 0.717) is 40.6 Å². The number of carbonyl (C=O) groups excluding carboxylic acids is 2. The first-order valence-corrected chi connectivity index (χ1v) is 8.54. The van der Waals surface area contributed by atoms with E-state index in [4.69, 9.17) is 14.2 Å². The van der Waals surface area contributed by atoms with Crippen molar-refractivity contribution in [3.8, 4) is 17.2 Å². The summed E-state index contributed by atoms with van der Waals surface area (Å²) in [5.74, 6) is 1.24. The number of hydrogen-bond acceptors (Lipinski definition) is 6.